The Kier molecular flexibility index (Phi) is 4.78. The van der Waals surface area contributed by atoms with Crippen molar-refractivity contribution >= 4 is 11.9 Å². The van der Waals surface area contributed by atoms with Crippen LogP contribution in [0.15, 0.2) is 18.2 Å². The zero-order chi connectivity index (χ0) is 19.1. The minimum absolute atomic E-state index is 0.198. The van der Waals surface area contributed by atoms with Gasteiger partial charge in [0, 0.05) is 18.8 Å². The standard InChI is InChI=1S/C16H18F3N3O4/c1-8-7-11(16(17,18)19)21-22(8)6-2-5-20-14(23)12-9-3-4-10(26-9)13(12)15(24)25/h3-4,7,9-10,12-13H,2,5-6H2,1H3,(H,20,23)(H,24,25)/t9-,10+,12+,13-/m0/s1. The zero-order valence-electron chi connectivity index (χ0n) is 13.9. The van der Waals surface area contributed by atoms with E-state index in [-0.39, 0.29) is 13.1 Å². The van der Waals surface area contributed by atoms with Crippen molar-refractivity contribution in [2.45, 2.75) is 38.3 Å². The fraction of sp³-hybridized carbons (Fsp3) is 0.562. The first-order valence-corrected chi connectivity index (χ1v) is 8.14. The van der Waals surface area contributed by atoms with Crippen molar-refractivity contribution in [1.82, 2.24) is 15.1 Å². The SMILES string of the molecule is Cc1cc(C(F)(F)F)nn1CCCNC(=O)[C@H]1[C@@H](C(=O)O)[C@H]2C=C[C@@H]1O2. The van der Waals surface area contributed by atoms with Crippen LogP contribution in [0.2, 0.25) is 0 Å². The number of rotatable bonds is 6. The quantitative estimate of drug-likeness (QED) is 0.580. The van der Waals surface area contributed by atoms with E-state index in [4.69, 9.17) is 4.74 Å². The van der Waals surface area contributed by atoms with E-state index < -0.39 is 47.8 Å². The molecule has 7 nitrogen and oxygen atoms in total. The number of carboxylic acids is 1. The largest absolute Gasteiger partial charge is 0.481 e. The van der Waals surface area contributed by atoms with Crippen molar-refractivity contribution in [3.05, 3.63) is 29.6 Å². The lowest BCUT2D eigenvalue weighted by molar-refractivity contribution is -0.146. The van der Waals surface area contributed by atoms with Crippen LogP contribution in [0.3, 0.4) is 0 Å². The minimum atomic E-state index is -4.49. The summed E-state index contributed by atoms with van der Waals surface area (Å²) in [5.74, 6) is -3.24. The van der Waals surface area contributed by atoms with Gasteiger partial charge in [-0.2, -0.15) is 18.3 Å². The van der Waals surface area contributed by atoms with Gasteiger partial charge in [0.15, 0.2) is 5.69 Å². The van der Waals surface area contributed by atoms with Crippen molar-refractivity contribution in [2.75, 3.05) is 6.54 Å². The van der Waals surface area contributed by atoms with Gasteiger partial charge >= 0.3 is 12.1 Å². The Bertz CT molecular complexity index is 744. The summed E-state index contributed by atoms with van der Waals surface area (Å²) in [6, 6.07) is 0.967. The third kappa shape index (κ3) is 3.46. The van der Waals surface area contributed by atoms with Crippen LogP contribution in [0, 0.1) is 18.8 Å². The summed E-state index contributed by atoms with van der Waals surface area (Å²) in [6.07, 6.45) is -1.96. The van der Waals surface area contributed by atoms with E-state index in [0.717, 1.165) is 6.07 Å². The molecule has 1 aromatic heterocycles. The summed E-state index contributed by atoms with van der Waals surface area (Å²) in [4.78, 5) is 23.6. The lowest BCUT2D eigenvalue weighted by Gasteiger charge is -2.21. The second-order valence-electron chi connectivity index (χ2n) is 6.38. The second-order valence-corrected chi connectivity index (χ2v) is 6.38. The maximum Gasteiger partial charge on any atom is 0.435 e. The number of aryl methyl sites for hydroxylation is 2. The molecule has 0 aliphatic carbocycles. The number of halogens is 3. The van der Waals surface area contributed by atoms with Crippen molar-refractivity contribution in [3.8, 4) is 0 Å². The van der Waals surface area contributed by atoms with Gasteiger partial charge in [0.1, 0.15) is 5.92 Å². The molecule has 2 bridgehead atoms. The molecule has 142 valence electrons. The Labute approximate surface area is 146 Å². The molecule has 2 aliphatic rings. The van der Waals surface area contributed by atoms with E-state index in [9.17, 15) is 27.9 Å². The Hall–Kier alpha value is -2.36. The number of aromatic nitrogens is 2. The third-order valence-corrected chi connectivity index (χ3v) is 4.60. The first-order chi connectivity index (χ1) is 12.2. The van der Waals surface area contributed by atoms with Gasteiger partial charge in [0.2, 0.25) is 5.91 Å². The number of carbonyl (C=O) groups excluding carboxylic acids is 1. The van der Waals surface area contributed by atoms with Crippen molar-refractivity contribution in [1.29, 1.82) is 0 Å². The van der Waals surface area contributed by atoms with Gasteiger partial charge in [-0.15, -0.1) is 0 Å². The molecule has 26 heavy (non-hydrogen) atoms. The van der Waals surface area contributed by atoms with E-state index in [1.54, 1.807) is 12.2 Å². The van der Waals surface area contributed by atoms with Crippen LogP contribution < -0.4 is 5.32 Å². The Morgan fingerprint density at radius 1 is 1.31 bits per heavy atom. The molecule has 3 heterocycles. The predicted molar refractivity (Wildman–Crippen MR) is 82.0 cm³/mol. The highest BCUT2D eigenvalue weighted by molar-refractivity contribution is 5.87. The summed E-state index contributed by atoms with van der Waals surface area (Å²) < 4.78 is 44.5. The van der Waals surface area contributed by atoms with Gasteiger partial charge in [-0.1, -0.05) is 12.2 Å². The average molecular weight is 373 g/mol. The summed E-state index contributed by atoms with van der Waals surface area (Å²) in [7, 11) is 0. The van der Waals surface area contributed by atoms with Gasteiger partial charge in [0.25, 0.3) is 0 Å². The lowest BCUT2D eigenvalue weighted by Crippen LogP contribution is -2.42. The normalized spacial score (nSPS) is 27.1. The minimum Gasteiger partial charge on any atom is -0.481 e. The number of aliphatic carboxylic acids is 1. The fourth-order valence-electron chi connectivity index (χ4n) is 3.35. The lowest BCUT2D eigenvalue weighted by atomic mass is 9.82. The molecule has 4 atom stereocenters. The van der Waals surface area contributed by atoms with Crippen molar-refractivity contribution in [3.63, 3.8) is 0 Å². The van der Waals surface area contributed by atoms with Gasteiger partial charge in [0.05, 0.1) is 18.1 Å². The van der Waals surface area contributed by atoms with E-state index in [1.165, 1.54) is 11.6 Å². The van der Waals surface area contributed by atoms with E-state index in [1.807, 2.05) is 0 Å². The average Bonchev–Trinajstić information content (AvgIpc) is 3.24. The van der Waals surface area contributed by atoms with Crippen LogP contribution in [0.1, 0.15) is 17.8 Å². The molecule has 0 saturated carbocycles. The molecular weight excluding hydrogens is 355 g/mol. The highest BCUT2D eigenvalue weighted by Crippen LogP contribution is 2.39. The molecule has 3 rings (SSSR count). The fourth-order valence-corrected chi connectivity index (χ4v) is 3.35. The summed E-state index contributed by atoms with van der Waals surface area (Å²) in [5.41, 5.74) is -0.574. The van der Waals surface area contributed by atoms with Crippen molar-refractivity contribution < 1.29 is 32.6 Å². The van der Waals surface area contributed by atoms with Gasteiger partial charge in [-0.3, -0.25) is 14.3 Å². The molecule has 10 heteroatoms. The Morgan fingerprint density at radius 3 is 2.54 bits per heavy atom. The molecule has 1 amide bonds. The summed E-state index contributed by atoms with van der Waals surface area (Å²) in [5, 5.41) is 15.4. The first kappa shape index (κ1) is 18.4. The molecule has 0 radical (unpaired) electrons. The second kappa shape index (κ2) is 6.75. The van der Waals surface area contributed by atoms with Crippen LogP contribution in [0.4, 0.5) is 13.2 Å². The number of carboxylic acid groups (broad SMARTS) is 1. The number of fused-ring (bicyclic) bond motifs is 2. The van der Waals surface area contributed by atoms with Gasteiger partial charge < -0.3 is 15.2 Å². The number of nitrogens with one attached hydrogen (secondary N) is 1. The smallest absolute Gasteiger partial charge is 0.435 e. The van der Waals surface area contributed by atoms with Crippen LogP contribution in [0.5, 0.6) is 0 Å². The summed E-state index contributed by atoms with van der Waals surface area (Å²) >= 11 is 0. The number of hydrogen-bond acceptors (Lipinski definition) is 4. The van der Waals surface area contributed by atoms with Gasteiger partial charge in [-0.25, -0.2) is 0 Å². The molecule has 1 aromatic rings. The number of amides is 1. The third-order valence-electron chi connectivity index (χ3n) is 4.60. The summed E-state index contributed by atoms with van der Waals surface area (Å²) in [6.45, 7) is 1.93. The number of ether oxygens (including phenoxy) is 1. The van der Waals surface area contributed by atoms with E-state index in [2.05, 4.69) is 10.4 Å². The highest BCUT2D eigenvalue weighted by atomic mass is 19.4. The van der Waals surface area contributed by atoms with Crippen LogP contribution in [-0.2, 0) is 27.0 Å². The number of carbonyl (C=O) groups is 2. The van der Waals surface area contributed by atoms with Crippen LogP contribution >= 0.6 is 0 Å². The molecule has 2 N–H and O–H groups in total. The molecule has 0 spiro atoms. The van der Waals surface area contributed by atoms with Crippen LogP contribution in [-0.4, -0.2) is 45.5 Å². The van der Waals surface area contributed by atoms with Crippen molar-refractivity contribution in [2.24, 2.45) is 11.8 Å². The molecule has 0 unspecified atom stereocenters. The molecule has 2 aliphatic heterocycles. The first-order valence-electron chi connectivity index (χ1n) is 8.14. The highest BCUT2D eigenvalue weighted by Gasteiger charge is 2.53. The maximum absolute atomic E-state index is 12.6. The topological polar surface area (TPSA) is 93.5 Å². The zero-order valence-corrected chi connectivity index (χ0v) is 13.9. The molecular formula is C16H18F3N3O4. The molecule has 1 fully saturated rings. The van der Waals surface area contributed by atoms with Gasteiger partial charge in [-0.05, 0) is 19.4 Å². The Balaban J connectivity index is 1.51. The monoisotopic (exact) mass is 373 g/mol. The Morgan fingerprint density at radius 2 is 1.96 bits per heavy atom. The number of alkyl halides is 3. The van der Waals surface area contributed by atoms with E-state index in [0.29, 0.717) is 12.1 Å². The number of hydrogen-bond donors (Lipinski definition) is 2. The van der Waals surface area contributed by atoms with E-state index >= 15 is 0 Å². The predicted octanol–water partition coefficient (Wildman–Crippen LogP) is 1.37. The molecule has 1 saturated heterocycles. The number of nitrogens with zero attached hydrogens (tertiary/aromatic N) is 2. The maximum atomic E-state index is 12.6. The molecule has 0 aromatic carbocycles. The van der Waals surface area contributed by atoms with Crippen LogP contribution in [0.25, 0.3) is 0 Å².